The van der Waals surface area contributed by atoms with E-state index in [1.165, 1.54) is 6.07 Å². The van der Waals surface area contributed by atoms with Crippen molar-refractivity contribution in [1.29, 1.82) is 0 Å². The van der Waals surface area contributed by atoms with E-state index in [-0.39, 0.29) is 11.8 Å². The van der Waals surface area contributed by atoms with Crippen LogP contribution >= 0.6 is 0 Å². The maximum absolute atomic E-state index is 12.8. The van der Waals surface area contributed by atoms with Gasteiger partial charge in [0.15, 0.2) is 5.65 Å². The number of hydrogen-bond donors (Lipinski definition) is 1. The average Bonchev–Trinajstić information content (AvgIpc) is 2.89. The molecule has 0 aromatic carbocycles. The topological polar surface area (TPSA) is 64.3 Å². The maximum Gasteiger partial charge on any atom is 0.453 e. The minimum atomic E-state index is -4.59. The molecule has 21 heavy (non-hydrogen) atoms. The molecule has 0 aliphatic carbocycles. The molecule has 6 nitrogen and oxygen atoms in total. The van der Waals surface area contributed by atoms with E-state index in [0.29, 0.717) is 16.9 Å². The molecule has 3 rings (SSSR count). The van der Waals surface area contributed by atoms with E-state index in [1.807, 2.05) is 0 Å². The van der Waals surface area contributed by atoms with Crippen LogP contribution in [0.15, 0.2) is 12.1 Å². The fourth-order valence-corrected chi connectivity index (χ4v) is 2.25. The first kappa shape index (κ1) is 14.1. The van der Waals surface area contributed by atoms with Crippen LogP contribution < -0.4 is 5.32 Å². The molecule has 1 fully saturated rings. The minimum absolute atomic E-state index is 0.0572. The van der Waals surface area contributed by atoms with Gasteiger partial charge in [0.2, 0.25) is 0 Å². The van der Waals surface area contributed by atoms with Crippen LogP contribution in [0.5, 0.6) is 0 Å². The Bertz CT molecular complexity index is 621. The van der Waals surface area contributed by atoms with Crippen molar-refractivity contribution in [2.45, 2.75) is 31.5 Å². The summed E-state index contributed by atoms with van der Waals surface area (Å²) in [6, 6.07) is 3.02. The molecule has 9 heteroatoms. The summed E-state index contributed by atoms with van der Waals surface area (Å²) >= 11 is 0. The largest absolute Gasteiger partial charge is 0.453 e. The van der Waals surface area contributed by atoms with Gasteiger partial charge in [-0.25, -0.2) is 0 Å². The highest BCUT2D eigenvalue weighted by Crippen LogP contribution is 2.27. The number of nitrogens with zero attached hydrogens (tertiary/aromatic N) is 4. The molecule has 0 radical (unpaired) electrons. The third-order valence-electron chi connectivity index (χ3n) is 3.30. The number of halogens is 3. The monoisotopic (exact) mass is 301 g/mol. The van der Waals surface area contributed by atoms with E-state index in [2.05, 4.69) is 20.6 Å². The maximum atomic E-state index is 12.8. The number of hydrogen-bond acceptors (Lipinski definition) is 5. The average molecular weight is 301 g/mol. The first-order valence-corrected chi connectivity index (χ1v) is 6.69. The van der Waals surface area contributed by atoms with Gasteiger partial charge < -0.3 is 10.1 Å². The summed E-state index contributed by atoms with van der Waals surface area (Å²) in [6.07, 6.45) is -1.43. The normalized spacial score (nSPS) is 19.9. The van der Waals surface area contributed by atoms with Gasteiger partial charge in [0.05, 0.1) is 6.10 Å². The molecule has 1 aliphatic rings. The van der Waals surface area contributed by atoms with E-state index in [4.69, 9.17) is 4.74 Å². The van der Waals surface area contributed by atoms with Crippen molar-refractivity contribution in [2.75, 3.05) is 18.5 Å². The fraction of sp³-hybridized carbons (Fsp3) is 0.583. The Morgan fingerprint density at radius 2 is 2.14 bits per heavy atom. The number of aromatic nitrogens is 4. The summed E-state index contributed by atoms with van der Waals surface area (Å²) in [4.78, 5) is 0. The lowest BCUT2D eigenvalue weighted by Crippen LogP contribution is -2.27. The number of alkyl halides is 3. The van der Waals surface area contributed by atoms with Crippen LogP contribution in [0.2, 0.25) is 0 Å². The van der Waals surface area contributed by atoms with Gasteiger partial charge in [-0.05, 0) is 31.4 Å². The SMILES string of the molecule is FC(F)(F)c1nnc2ccc(NC[C@H]3CCCCO3)nn12. The van der Waals surface area contributed by atoms with Crippen LogP contribution in [-0.4, -0.2) is 39.1 Å². The van der Waals surface area contributed by atoms with Crippen LogP contribution in [-0.2, 0) is 10.9 Å². The van der Waals surface area contributed by atoms with Crippen LogP contribution in [0.25, 0.3) is 5.65 Å². The Morgan fingerprint density at radius 1 is 1.29 bits per heavy atom. The zero-order valence-corrected chi connectivity index (χ0v) is 11.1. The van der Waals surface area contributed by atoms with Gasteiger partial charge in [0.25, 0.3) is 5.82 Å². The Labute approximate surface area is 118 Å². The van der Waals surface area contributed by atoms with E-state index < -0.39 is 12.0 Å². The van der Waals surface area contributed by atoms with E-state index in [1.54, 1.807) is 6.07 Å². The Balaban J connectivity index is 1.76. The van der Waals surface area contributed by atoms with Crippen molar-refractivity contribution in [1.82, 2.24) is 19.8 Å². The van der Waals surface area contributed by atoms with Crippen molar-refractivity contribution >= 4 is 11.5 Å². The van der Waals surface area contributed by atoms with Crippen molar-refractivity contribution in [3.05, 3.63) is 18.0 Å². The van der Waals surface area contributed by atoms with Crippen LogP contribution in [0.3, 0.4) is 0 Å². The third-order valence-corrected chi connectivity index (χ3v) is 3.30. The highest BCUT2D eigenvalue weighted by molar-refractivity contribution is 5.44. The molecule has 1 aliphatic heterocycles. The molecule has 3 heterocycles. The van der Waals surface area contributed by atoms with Gasteiger partial charge >= 0.3 is 6.18 Å². The molecular weight excluding hydrogens is 287 g/mol. The summed E-state index contributed by atoms with van der Waals surface area (Å²) in [7, 11) is 0. The Kier molecular flexibility index (Phi) is 3.66. The summed E-state index contributed by atoms with van der Waals surface area (Å²) in [6.45, 7) is 1.24. The zero-order valence-electron chi connectivity index (χ0n) is 11.1. The lowest BCUT2D eigenvalue weighted by molar-refractivity contribution is -0.146. The van der Waals surface area contributed by atoms with Gasteiger partial charge in [-0.2, -0.15) is 17.7 Å². The molecule has 0 unspecified atom stereocenters. The number of ether oxygens (including phenoxy) is 1. The van der Waals surface area contributed by atoms with Crippen molar-refractivity contribution < 1.29 is 17.9 Å². The van der Waals surface area contributed by atoms with Gasteiger partial charge in [-0.15, -0.1) is 15.3 Å². The zero-order chi connectivity index (χ0) is 14.9. The van der Waals surface area contributed by atoms with E-state index in [0.717, 1.165) is 25.9 Å². The third kappa shape index (κ3) is 3.07. The molecule has 0 saturated carbocycles. The second kappa shape index (κ2) is 5.47. The van der Waals surface area contributed by atoms with Crippen LogP contribution in [0, 0.1) is 0 Å². The second-order valence-electron chi connectivity index (χ2n) is 4.88. The Hall–Kier alpha value is -1.90. The van der Waals surface area contributed by atoms with E-state index >= 15 is 0 Å². The molecule has 2 aromatic heterocycles. The highest BCUT2D eigenvalue weighted by atomic mass is 19.4. The Morgan fingerprint density at radius 3 is 2.86 bits per heavy atom. The summed E-state index contributed by atoms with van der Waals surface area (Å²) in [5.41, 5.74) is 0.0572. The van der Waals surface area contributed by atoms with Gasteiger partial charge in [-0.3, -0.25) is 0 Å². The molecule has 1 saturated heterocycles. The molecule has 1 atom stereocenters. The molecule has 1 N–H and O–H groups in total. The predicted molar refractivity (Wildman–Crippen MR) is 67.9 cm³/mol. The lowest BCUT2D eigenvalue weighted by atomic mass is 10.1. The second-order valence-corrected chi connectivity index (χ2v) is 4.88. The lowest BCUT2D eigenvalue weighted by Gasteiger charge is -2.22. The van der Waals surface area contributed by atoms with Crippen LogP contribution in [0.1, 0.15) is 25.1 Å². The van der Waals surface area contributed by atoms with Gasteiger partial charge in [0.1, 0.15) is 5.82 Å². The van der Waals surface area contributed by atoms with Gasteiger partial charge in [0, 0.05) is 13.2 Å². The number of fused-ring (bicyclic) bond motifs is 1. The molecule has 0 spiro atoms. The fourth-order valence-electron chi connectivity index (χ4n) is 2.25. The molecular formula is C12H14F3N5O. The predicted octanol–water partition coefficient (Wildman–Crippen LogP) is 2.12. The number of rotatable bonds is 3. The van der Waals surface area contributed by atoms with Crippen molar-refractivity contribution in [3.8, 4) is 0 Å². The quantitative estimate of drug-likeness (QED) is 0.941. The van der Waals surface area contributed by atoms with Crippen molar-refractivity contribution in [3.63, 3.8) is 0 Å². The molecule has 114 valence electrons. The molecule has 0 amide bonds. The number of nitrogens with one attached hydrogen (secondary N) is 1. The van der Waals surface area contributed by atoms with Crippen LogP contribution in [0.4, 0.5) is 19.0 Å². The molecule has 0 bridgehead atoms. The first-order valence-electron chi connectivity index (χ1n) is 6.69. The van der Waals surface area contributed by atoms with Gasteiger partial charge in [-0.1, -0.05) is 0 Å². The standard InChI is InChI=1S/C12H14F3N5O/c13-12(14,15)11-18-17-10-5-4-9(19-20(10)11)16-7-8-3-1-2-6-21-8/h4-5,8H,1-3,6-7H2,(H,16,19)/t8-/m1/s1. The number of anilines is 1. The highest BCUT2D eigenvalue weighted by Gasteiger charge is 2.37. The summed E-state index contributed by atoms with van der Waals surface area (Å²) < 4.78 is 44.5. The minimum Gasteiger partial charge on any atom is -0.376 e. The molecule has 2 aromatic rings. The van der Waals surface area contributed by atoms with E-state index in [9.17, 15) is 13.2 Å². The summed E-state index contributed by atoms with van der Waals surface area (Å²) in [5.74, 6) is -0.794. The van der Waals surface area contributed by atoms with Crippen molar-refractivity contribution in [2.24, 2.45) is 0 Å². The smallest absolute Gasteiger partial charge is 0.376 e. The first-order chi connectivity index (χ1) is 10.0. The summed E-state index contributed by atoms with van der Waals surface area (Å²) in [5, 5.41) is 13.5.